The van der Waals surface area contributed by atoms with Gasteiger partial charge in [-0.2, -0.15) is 0 Å². The zero-order valence-electron chi connectivity index (χ0n) is 10.4. The first-order valence-corrected chi connectivity index (χ1v) is 7.58. The number of anilines is 1. The van der Waals surface area contributed by atoms with E-state index in [0.29, 0.717) is 11.3 Å². The number of hydrogen-bond acceptors (Lipinski definition) is 2. The van der Waals surface area contributed by atoms with Gasteiger partial charge in [0.25, 0.3) is 0 Å². The molecule has 4 heteroatoms. The lowest BCUT2D eigenvalue weighted by Crippen LogP contribution is -2.10. The van der Waals surface area contributed by atoms with Gasteiger partial charge in [-0.25, -0.2) is 8.42 Å². The van der Waals surface area contributed by atoms with Gasteiger partial charge in [0, 0.05) is 11.1 Å². The van der Waals surface area contributed by atoms with Gasteiger partial charge in [0.2, 0.25) is 10.0 Å². The minimum Gasteiger partial charge on any atom is -0.283 e. The zero-order chi connectivity index (χ0) is 13.7. The third kappa shape index (κ3) is 4.16. The molecule has 0 fully saturated rings. The van der Waals surface area contributed by atoms with Gasteiger partial charge in [-0.15, -0.1) is 0 Å². The average molecular weight is 271 g/mol. The maximum atomic E-state index is 11.3. The first-order chi connectivity index (χ1) is 9.04. The van der Waals surface area contributed by atoms with Gasteiger partial charge in [0.1, 0.15) is 0 Å². The highest BCUT2D eigenvalue weighted by molar-refractivity contribution is 7.92. The molecular formula is C15H13NO2S. The van der Waals surface area contributed by atoms with Crippen LogP contribution in [0.15, 0.2) is 54.6 Å². The summed E-state index contributed by atoms with van der Waals surface area (Å²) < 4.78 is 25.0. The molecule has 0 amide bonds. The van der Waals surface area contributed by atoms with Gasteiger partial charge >= 0.3 is 0 Å². The largest absolute Gasteiger partial charge is 0.283 e. The standard InChI is InChI=1S/C15H13NO2S/c1-19(17,18)16-15-10-6-5-9-14(15)12-11-13-7-3-2-4-8-13/h2-10,16H,1H3. The van der Waals surface area contributed by atoms with Crippen molar-refractivity contribution in [3.63, 3.8) is 0 Å². The summed E-state index contributed by atoms with van der Waals surface area (Å²) in [4.78, 5) is 0. The molecule has 0 unspecified atom stereocenters. The lowest BCUT2D eigenvalue weighted by Gasteiger charge is -2.05. The van der Waals surface area contributed by atoms with E-state index in [0.717, 1.165) is 11.8 Å². The van der Waals surface area contributed by atoms with E-state index >= 15 is 0 Å². The maximum Gasteiger partial charge on any atom is 0.229 e. The highest BCUT2D eigenvalue weighted by Crippen LogP contribution is 2.15. The van der Waals surface area contributed by atoms with Crippen molar-refractivity contribution in [3.8, 4) is 11.8 Å². The highest BCUT2D eigenvalue weighted by atomic mass is 32.2. The topological polar surface area (TPSA) is 46.2 Å². The van der Waals surface area contributed by atoms with Crippen LogP contribution in [0.25, 0.3) is 0 Å². The predicted molar refractivity (Wildman–Crippen MR) is 77.3 cm³/mol. The normalized spacial score (nSPS) is 10.4. The second-order valence-corrected chi connectivity index (χ2v) is 5.78. The van der Waals surface area contributed by atoms with Crippen LogP contribution in [-0.2, 0) is 10.0 Å². The Labute approximate surface area is 113 Å². The molecule has 0 spiro atoms. The van der Waals surface area contributed by atoms with Gasteiger partial charge in [-0.3, -0.25) is 4.72 Å². The molecule has 0 aliphatic rings. The minimum absolute atomic E-state index is 0.494. The summed E-state index contributed by atoms with van der Waals surface area (Å²) in [6.45, 7) is 0. The monoisotopic (exact) mass is 271 g/mol. The molecule has 2 aromatic carbocycles. The van der Waals surface area contributed by atoms with Crippen LogP contribution in [0.4, 0.5) is 5.69 Å². The lowest BCUT2D eigenvalue weighted by atomic mass is 10.1. The SMILES string of the molecule is CS(=O)(=O)Nc1ccccc1C#Cc1ccccc1. The molecular weight excluding hydrogens is 258 g/mol. The van der Waals surface area contributed by atoms with Crippen LogP contribution < -0.4 is 4.72 Å². The molecule has 0 heterocycles. The fraction of sp³-hybridized carbons (Fsp3) is 0.0667. The molecule has 0 radical (unpaired) electrons. The number of para-hydroxylation sites is 1. The Morgan fingerprint density at radius 1 is 0.895 bits per heavy atom. The summed E-state index contributed by atoms with van der Waals surface area (Å²) in [6, 6.07) is 16.6. The first-order valence-electron chi connectivity index (χ1n) is 5.68. The summed E-state index contributed by atoms with van der Waals surface area (Å²) in [5, 5.41) is 0. The van der Waals surface area contributed by atoms with Crippen LogP contribution in [0, 0.1) is 11.8 Å². The van der Waals surface area contributed by atoms with Crippen LogP contribution in [0.2, 0.25) is 0 Å². The first kappa shape index (κ1) is 13.2. The van der Waals surface area contributed by atoms with E-state index in [2.05, 4.69) is 16.6 Å². The van der Waals surface area contributed by atoms with Gasteiger partial charge < -0.3 is 0 Å². The van der Waals surface area contributed by atoms with Crippen molar-refractivity contribution in [2.24, 2.45) is 0 Å². The summed E-state index contributed by atoms with van der Waals surface area (Å²) in [5.74, 6) is 5.98. The molecule has 0 aromatic heterocycles. The molecule has 2 aromatic rings. The second kappa shape index (κ2) is 5.59. The average Bonchev–Trinajstić information content (AvgIpc) is 2.37. The Bertz CT molecular complexity index is 725. The van der Waals surface area contributed by atoms with Crippen molar-refractivity contribution in [1.29, 1.82) is 0 Å². The molecule has 0 atom stereocenters. The summed E-state index contributed by atoms with van der Waals surface area (Å²) in [7, 11) is -3.30. The molecule has 3 nitrogen and oxygen atoms in total. The van der Waals surface area contributed by atoms with E-state index in [1.165, 1.54) is 0 Å². The van der Waals surface area contributed by atoms with E-state index in [9.17, 15) is 8.42 Å². The number of nitrogens with one attached hydrogen (secondary N) is 1. The Kier molecular flexibility index (Phi) is 3.88. The molecule has 0 saturated carbocycles. The van der Waals surface area contributed by atoms with E-state index in [-0.39, 0.29) is 0 Å². The fourth-order valence-electron chi connectivity index (χ4n) is 1.54. The molecule has 0 bridgehead atoms. The van der Waals surface area contributed by atoms with Crippen molar-refractivity contribution in [1.82, 2.24) is 0 Å². The third-order valence-electron chi connectivity index (χ3n) is 2.34. The summed E-state index contributed by atoms with van der Waals surface area (Å²) in [6.07, 6.45) is 1.12. The highest BCUT2D eigenvalue weighted by Gasteiger charge is 2.04. The van der Waals surface area contributed by atoms with E-state index in [1.807, 2.05) is 36.4 Å². The quantitative estimate of drug-likeness (QED) is 0.853. The number of benzene rings is 2. The van der Waals surface area contributed by atoms with Crippen LogP contribution in [0.5, 0.6) is 0 Å². The predicted octanol–water partition coefficient (Wildman–Crippen LogP) is 2.46. The summed E-state index contributed by atoms with van der Waals surface area (Å²) in [5.41, 5.74) is 2.03. The molecule has 96 valence electrons. The molecule has 0 aliphatic carbocycles. The lowest BCUT2D eigenvalue weighted by molar-refractivity contribution is 0.607. The van der Waals surface area contributed by atoms with Gasteiger partial charge in [-0.05, 0) is 24.3 Å². The molecule has 2 rings (SSSR count). The zero-order valence-corrected chi connectivity index (χ0v) is 11.2. The fourth-order valence-corrected chi connectivity index (χ4v) is 2.12. The smallest absolute Gasteiger partial charge is 0.229 e. The molecule has 1 N–H and O–H groups in total. The molecule has 19 heavy (non-hydrogen) atoms. The Balaban J connectivity index is 2.34. The summed E-state index contributed by atoms with van der Waals surface area (Å²) >= 11 is 0. The van der Waals surface area contributed by atoms with Crippen LogP contribution >= 0.6 is 0 Å². The van der Waals surface area contributed by atoms with Gasteiger partial charge in [0.15, 0.2) is 0 Å². The number of hydrogen-bond donors (Lipinski definition) is 1. The molecule has 0 aliphatic heterocycles. The van der Waals surface area contributed by atoms with E-state index in [4.69, 9.17) is 0 Å². The van der Waals surface area contributed by atoms with Crippen molar-refractivity contribution >= 4 is 15.7 Å². The van der Waals surface area contributed by atoms with Crippen LogP contribution in [-0.4, -0.2) is 14.7 Å². The Hall–Kier alpha value is -2.25. The van der Waals surface area contributed by atoms with E-state index in [1.54, 1.807) is 18.2 Å². The third-order valence-corrected chi connectivity index (χ3v) is 2.93. The maximum absolute atomic E-state index is 11.3. The van der Waals surface area contributed by atoms with Crippen molar-refractivity contribution < 1.29 is 8.42 Å². The minimum atomic E-state index is -3.30. The van der Waals surface area contributed by atoms with Crippen molar-refractivity contribution in [3.05, 3.63) is 65.7 Å². The van der Waals surface area contributed by atoms with Crippen LogP contribution in [0.1, 0.15) is 11.1 Å². The van der Waals surface area contributed by atoms with Crippen LogP contribution in [0.3, 0.4) is 0 Å². The number of sulfonamides is 1. The second-order valence-electron chi connectivity index (χ2n) is 4.04. The Morgan fingerprint density at radius 3 is 2.21 bits per heavy atom. The van der Waals surface area contributed by atoms with E-state index < -0.39 is 10.0 Å². The van der Waals surface area contributed by atoms with Gasteiger partial charge in [0.05, 0.1) is 11.9 Å². The van der Waals surface area contributed by atoms with Crippen molar-refractivity contribution in [2.75, 3.05) is 11.0 Å². The Morgan fingerprint density at radius 2 is 1.53 bits per heavy atom. The van der Waals surface area contributed by atoms with Crippen molar-refractivity contribution in [2.45, 2.75) is 0 Å². The molecule has 0 saturated heterocycles. The van der Waals surface area contributed by atoms with Gasteiger partial charge in [-0.1, -0.05) is 42.2 Å². The number of rotatable bonds is 2.